The third-order valence-corrected chi connectivity index (χ3v) is 4.47. The molecule has 0 spiro atoms. The van der Waals surface area contributed by atoms with Crippen LogP contribution in [0.3, 0.4) is 0 Å². The lowest BCUT2D eigenvalue weighted by molar-refractivity contribution is 0.203. The smallest absolute Gasteiger partial charge is 0.0169 e. The Kier molecular flexibility index (Phi) is 4.48. The van der Waals surface area contributed by atoms with E-state index in [0.717, 1.165) is 6.04 Å². The molecule has 0 aromatic carbocycles. The second-order valence-corrected chi connectivity index (χ2v) is 7.03. The van der Waals surface area contributed by atoms with Gasteiger partial charge in [-0.3, -0.25) is 0 Å². The maximum atomic E-state index is 3.84. The molecule has 2 atom stereocenters. The highest BCUT2D eigenvalue weighted by Crippen LogP contribution is 2.37. The molecule has 2 heteroatoms. The molecule has 2 fully saturated rings. The molecule has 1 saturated heterocycles. The fraction of sp³-hybridized carbons (Fsp3) is 1.00. The summed E-state index contributed by atoms with van der Waals surface area (Å²) in [7, 11) is 0. The highest BCUT2D eigenvalue weighted by atomic mass is 15.2. The summed E-state index contributed by atoms with van der Waals surface area (Å²) >= 11 is 0. The number of likely N-dealkylation sites (tertiary alicyclic amines) is 1. The van der Waals surface area contributed by atoms with Gasteiger partial charge in [-0.05, 0) is 57.5 Å². The van der Waals surface area contributed by atoms with Crippen molar-refractivity contribution in [1.82, 2.24) is 10.2 Å². The zero-order valence-corrected chi connectivity index (χ0v) is 12.0. The van der Waals surface area contributed by atoms with Gasteiger partial charge in [0.15, 0.2) is 0 Å². The van der Waals surface area contributed by atoms with E-state index < -0.39 is 0 Å². The van der Waals surface area contributed by atoms with Crippen molar-refractivity contribution < 1.29 is 0 Å². The van der Waals surface area contributed by atoms with Crippen molar-refractivity contribution in [3.8, 4) is 0 Å². The molecule has 2 aliphatic rings. The van der Waals surface area contributed by atoms with Crippen molar-refractivity contribution in [1.29, 1.82) is 0 Å². The van der Waals surface area contributed by atoms with Crippen LogP contribution in [0.5, 0.6) is 0 Å². The number of hydrogen-bond donors (Lipinski definition) is 1. The molecule has 2 unspecified atom stereocenters. The second kappa shape index (κ2) is 5.71. The summed E-state index contributed by atoms with van der Waals surface area (Å²) in [5, 5.41) is 3.84. The lowest BCUT2D eigenvalue weighted by atomic mass is 9.92. The topological polar surface area (TPSA) is 15.3 Å². The molecule has 1 heterocycles. The second-order valence-electron chi connectivity index (χ2n) is 7.03. The molecule has 1 aliphatic heterocycles. The van der Waals surface area contributed by atoms with E-state index in [2.05, 4.69) is 31.0 Å². The van der Waals surface area contributed by atoms with Crippen LogP contribution in [0.2, 0.25) is 0 Å². The van der Waals surface area contributed by atoms with Gasteiger partial charge in [-0.15, -0.1) is 0 Å². The first-order valence-corrected chi connectivity index (χ1v) is 7.54. The minimum absolute atomic E-state index is 0.572. The van der Waals surface area contributed by atoms with E-state index in [1.54, 1.807) is 0 Å². The quantitative estimate of drug-likeness (QED) is 0.810. The number of piperidine rings is 1. The number of rotatable bonds is 4. The minimum Gasteiger partial charge on any atom is -0.310 e. The van der Waals surface area contributed by atoms with Crippen LogP contribution in [0.1, 0.15) is 59.3 Å². The zero-order chi connectivity index (χ0) is 12.3. The van der Waals surface area contributed by atoms with E-state index in [-0.39, 0.29) is 0 Å². The monoisotopic (exact) mass is 238 g/mol. The minimum atomic E-state index is 0.572. The van der Waals surface area contributed by atoms with Crippen LogP contribution in [0.4, 0.5) is 0 Å². The normalized spacial score (nSPS) is 31.6. The van der Waals surface area contributed by atoms with Crippen LogP contribution in [0.15, 0.2) is 0 Å². The maximum absolute atomic E-state index is 3.84. The van der Waals surface area contributed by atoms with Gasteiger partial charge in [0.05, 0.1) is 0 Å². The van der Waals surface area contributed by atoms with Crippen molar-refractivity contribution in [2.45, 2.75) is 71.4 Å². The molecule has 2 nitrogen and oxygen atoms in total. The highest BCUT2D eigenvalue weighted by Gasteiger charge is 2.31. The van der Waals surface area contributed by atoms with E-state index in [4.69, 9.17) is 0 Å². The molecule has 1 N–H and O–H groups in total. The van der Waals surface area contributed by atoms with Crippen LogP contribution in [0, 0.1) is 5.41 Å². The van der Waals surface area contributed by atoms with Gasteiger partial charge < -0.3 is 10.2 Å². The van der Waals surface area contributed by atoms with Gasteiger partial charge in [-0.25, -0.2) is 0 Å². The maximum Gasteiger partial charge on any atom is 0.0169 e. The van der Waals surface area contributed by atoms with E-state index in [1.807, 2.05) is 0 Å². The summed E-state index contributed by atoms with van der Waals surface area (Å²) in [6.07, 6.45) is 8.37. The van der Waals surface area contributed by atoms with E-state index in [0.29, 0.717) is 11.5 Å². The summed E-state index contributed by atoms with van der Waals surface area (Å²) in [4.78, 5) is 2.64. The lowest BCUT2D eigenvalue weighted by Gasteiger charge is -2.31. The Balaban J connectivity index is 1.68. The van der Waals surface area contributed by atoms with E-state index in [9.17, 15) is 0 Å². The molecular formula is C15H30N2. The van der Waals surface area contributed by atoms with Crippen molar-refractivity contribution in [2.75, 3.05) is 19.6 Å². The Bertz CT molecular complexity index is 231. The summed E-state index contributed by atoms with van der Waals surface area (Å²) in [6, 6.07) is 1.43. The summed E-state index contributed by atoms with van der Waals surface area (Å²) < 4.78 is 0. The van der Waals surface area contributed by atoms with Crippen molar-refractivity contribution in [3.63, 3.8) is 0 Å². The molecule has 0 aromatic heterocycles. The fourth-order valence-electron chi connectivity index (χ4n) is 3.56. The van der Waals surface area contributed by atoms with E-state index >= 15 is 0 Å². The van der Waals surface area contributed by atoms with Crippen LogP contribution < -0.4 is 5.32 Å². The number of nitrogens with one attached hydrogen (secondary N) is 1. The molecule has 2 rings (SSSR count). The molecule has 17 heavy (non-hydrogen) atoms. The zero-order valence-electron chi connectivity index (χ0n) is 12.0. The van der Waals surface area contributed by atoms with Gasteiger partial charge in [-0.1, -0.05) is 20.3 Å². The Hall–Kier alpha value is -0.0800. The van der Waals surface area contributed by atoms with Gasteiger partial charge in [0.1, 0.15) is 0 Å². The summed E-state index contributed by atoms with van der Waals surface area (Å²) in [5.74, 6) is 0. The first-order valence-electron chi connectivity index (χ1n) is 7.54. The predicted octanol–water partition coefficient (Wildman–Crippen LogP) is 3.03. The molecule has 0 radical (unpaired) electrons. The molecular weight excluding hydrogens is 208 g/mol. The largest absolute Gasteiger partial charge is 0.310 e. The number of nitrogens with zero attached hydrogens (tertiary/aromatic N) is 1. The van der Waals surface area contributed by atoms with Crippen molar-refractivity contribution >= 4 is 0 Å². The SMILES string of the molecule is CC(CN1CCCCC1)NC1CCC(C)(C)C1. The Morgan fingerprint density at radius 3 is 2.53 bits per heavy atom. The van der Waals surface area contributed by atoms with Crippen LogP contribution in [-0.2, 0) is 0 Å². The van der Waals surface area contributed by atoms with Gasteiger partial charge in [0.25, 0.3) is 0 Å². The van der Waals surface area contributed by atoms with Gasteiger partial charge in [0, 0.05) is 18.6 Å². The van der Waals surface area contributed by atoms with Crippen LogP contribution >= 0.6 is 0 Å². The fourth-order valence-corrected chi connectivity index (χ4v) is 3.56. The Morgan fingerprint density at radius 1 is 1.24 bits per heavy atom. The highest BCUT2D eigenvalue weighted by molar-refractivity contribution is 4.88. The molecule has 1 saturated carbocycles. The summed E-state index contributed by atoms with van der Waals surface area (Å²) in [5.41, 5.74) is 0.572. The first-order chi connectivity index (χ1) is 8.05. The first kappa shape index (κ1) is 13.4. The lowest BCUT2D eigenvalue weighted by Crippen LogP contribution is -2.44. The van der Waals surface area contributed by atoms with E-state index in [1.165, 1.54) is 58.2 Å². The average molecular weight is 238 g/mol. The third kappa shape index (κ3) is 4.26. The van der Waals surface area contributed by atoms with Crippen molar-refractivity contribution in [3.05, 3.63) is 0 Å². The molecule has 0 bridgehead atoms. The predicted molar refractivity (Wildman–Crippen MR) is 74.3 cm³/mol. The average Bonchev–Trinajstić information content (AvgIpc) is 2.59. The molecule has 0 aromatic rings. The van der Waals surface area contributed by atoms with Gasteiger partial charge in [-0.2, -0.15) is 0 Å². The number of hydrogen-bond acceptors (Lipinski definition) is 2. The Morgan fingerprint density at radius 2 is 1.94 bits per heavy atom. The molecule has 100 valence electrons. The van der Waals surface area contributed by atoms with Gasteiger partial charge in [0.2, 0.25) is 0 Å². The van der Waals surface area contributed by atoms with Crippen LogP contribution in [-0.4, -0.2) is 36.6 Å². The van der Waals surface area contributed by atoms with Crippen molar-refractivity contribution in [2.24, 2.45) is 5.41 Å². The summed E-state index contributed by atoms with van der Waals surface area (Å²) in [6.45, 7) is 11.1. The molecule has 0 amide bonds. The van der Waals surface area contributed by atoms with Gasteiger partial charge >= 0.3 is 0 Å². The van der Waals surface area contributed by atoms with Crippen LogP contribution in [0.25, 0.3) is 0 Å². The molecule has 1 aliphatic carbocycles. The Labute approximate surface area is 107 Å². The third-order valence-electron chi connectivity index (χ3n) is 4.47. The standard InChI is InChI=1S/C15H30N2/c1-13(12-17-9-5-4-6-10-17)16-14-7-8-15(2,3)11-14/h13-14,16H,4-12H2,1-3H3.